The molecule has 0 radical (unpaired) electrons. The number of aromatic nitrogens is 1. The van der Waals surface area contributed by atoms with Crippen molar-refractivity contribution in [1.29, 1.82) is 0 Å². The normalized spacial score (nSPS) is 16.5. The number of carbonyl (C=O) groups excluding carboxylic acids is 1. The van der Waals surface area contributed by atoms with E-state index in [4.69, 9.17) is 9.47 Å². The van der Waals surface area contributed by atoms with Gasteiger partial charge in [0.25, 0.3) is 0 Å². The smallest absolute Gasteiger partial charge is 0.355 e. The lowest BCUT2D eigenvalue weighted by Crippen LogP contribution is -2.37. The largest absolute Gasteiger partial charge is 0.461 e. The van der Waals surface area contributed by atoms with E-state index in [2.05, 4.69) is 4.98 Å². The lowest BCUT2D eigenvalue weighted by molar-refractivity contribution is 0.0519. The number of sulfonamides is 1. The third kappa shape index (κ3) is 4.83. The van der Waals surface area contributed by atoms with Gasteiger partial charge in [0.2, 0.25) is 10.0 Å². The summed E-state index contributed by atoms with van der Waals surface area (Å²) in [4.78, 5) is 15.7. The molecule has 3 aromatic rings. The first-order valence-electron chi connectivity index (χ1n) is 11.3. The summed E-state index contributed by atoms with van der Waals surface area (Å²) in [6, 6.07) is 12.9. The Balaban J connectivity index is 1.71. The SMILES string of the molecule is CCOC(=O)c1[nH]c(C)c(CN(CC2CCCO2)S(=O)(=O)c2ccc3ccccc3c2)c1C. The van der Waals surface area contributed by atoms with Gasteiger partial charge in [0.05, 0.1) is 17.6 Å². The molecule has 1 atom stereocenters. The Labute approximate surface area is 194 Å². The third-order valence-electron chi connectivity index (χ3n) is 6.20. The van der Waals surface area contributed by atoms with Gasteiger partial charge in [0, 0.05) is 25.4 Å². The lowest BCUT2D eigenvalue weighted by atomic mass is 10.1. The van der Waals surface area contributed by atoms with Crippen molar-refractivity contribution in [1.82, 2.24) is 9.29 Å². The van der Waals surface area contributed by atoms with Crippen LogP contribution >= 0.6 is 0 Å². The molecular weight excluding hydrogens is 440 g/mol. The fourth-order valence-corrected chi connectivity index (χ4v) is 5.83. The maximum atomic E-state index is 13.8. The molecule has 176 valence electrons. The first-order valence-corrected chi connectivity index (χ1v) is 12.7. The van der Waals surface area contributed by atoms with Crippen molar-refractivity contribution in [3.8, 4) is 0 Å². The molecular formula is C25H30N2O5S. The highest BCUT2D eigenvalue weighted by Gasteiger charge is 2.31. The number of ether oxygens (including phenoxy) is 2. The Bertz CT molecular complexity index is 1260. The van der Waals surface area contributed by atoms with Gasteiger partial charge in [0.1, 0.15) is 5.69 Å². The Kier molecular flexibility index (Phi) is 6.88. The Morgan fingerprint density at radius 2 is 1.94 bits per heavy atom. The summed E-state index contributed by atoms with van der Waals surface area (Å²) < 4.78 is 40.0. The Hall–Kier alpha value is -2.68. The van der Waals surface area contributed by atoms with E-state index in [0.717, 1.165) is 34.9 Å². The second-order valence-electron chi connectivity index (χ2n) is 8.39. The zero-order valence-corrected chi connectivity index (χ0v) is 20.1. The summed E-state index contributed by atoms with van der Waals surface area (Å²) in [7, 11) is -3.81. The summed E-state index contributed by atoms with van der Waals surface area (Å²) in [6.45, 7) is 6.73. The number of aryl methyl sites for hydroxylation is 1. The van der Waals surface area contributed by atoms with Gasteiger partial charge in [-0.3, -0.25) is 0 Å². The van der Waals surface area contributed by atoms with E-state index in [0.29, 0.717) is 17.9 Å². The van der Waals surface area contributed by atoms with Gasteiger partial charge in [-0.15, -0.1) is 0 Å². The van der Waals surface area contributed by atoms with Crippen LogP contribution in [0.15, 0.2) is 47.4 Å². The molecule has 0 spiro atoms. The fourth-order valence-electron chi connectivity index (χ4n) is 4.35. The molecule has 1 aromatic heterocycles. The van der Waals surface area contributed by atoms with E-state index >= 15 is 0 Å². The predicted octanol–water partition coefficient (Wildman–Crippen LogP) is 4.33. The molecule has 1 saturated heterocycles. The average molecular weight is 471 g/mol. The van der Waals surface area contributed by atoms with Crippen LogP contribution in [0.1, 0.15) is 47.1 Å². The maximum Gasteiger partial charge on any atom is 0.355 e. The molecule has 1 N–H and O–H groups in total. The van der Waals surface area contributed by atoms with Crippen LogP contribution in [0.2, 0.25) is 0 Å². The fraction of sp³-hybridized carbons (Fsp3) is 0.400. The highest BCUT2D eigenvalue weighted by molar-refractivity contribution is 7.89. The number of carbonyl (C=O) groups is 1. The Morgan fingerprint density at radius 3 is 2.64 bits per heavy atom. The third-order valence-corrected chi connectivity index (χ3v) is 8.00. The summed E-state index contributed by atoms with van der Waals surface area (Å²) in [5, 5.41) is 1.85. The maximum absolute atomic E-state index is 13.8. The van der Waals surface area contributed by atoms with Gasteiger partial charge in [-0.1, -0.05) is 30.3 Å². The number of hydrogen-bond acceptors (Lipinski definition) is 5. The van der Waals surface area contributed by atoms with Crippen molar-refractivity contribution in [2.45, 2.75) is 51.2 Å². The first kappa shape index (κ1) is 23.5. The van der Waals surface area contributed by atoms with Crippen molar-refractivity contribution in [3.05, 3.63) is 65.0 Å². The molecule has 1 aliphatic rings. The minimum Gasteiger partial charge on any atom is -0.461 e. The van der Waals surface area contributed by atoms with E-state index in [-0.39, 0.29) is 30.7 Å². The number of nitrogens with one attached hydrogen (secondary N) is 1. The first-order chi connectivity index (χ1) is 15.8. The van der Waals surface area contributed by atoms with Crippen molar-refractivity contribution in [2.24, 2.45) is 0 Å². The number of rotatable bonds is 8. The number of nitrogens with zero attached hydrogens (tertiary/aromatic N) is 1. The molecule has 2 aromatic carbocycles. The van der Waals surface area contributed by atoms with E-state index in [1.807, 2.05) is 44.2 Å². The van der Waals surface area contributed by atoms with Crippen LogP contribution < -0.4 is 0 Å². The van der Waals surface area contributed by atoms with E-state index < -0.39 is 16.0 Å². The molecule has 0 amide bonds. The molecule has 1 aliphatic heterocycles. The van der Waals surface area contributed by atoms with Crippen LogP contribution in [0.3, 0.4) is 0 Å². The van der Waals surface area contributed by atoms with Crippen molar-refractivity contribution in [3.63, 3.8) is 0 Å². The van der Waals surface area contributed by atoms with Crippen LogP contribution in [0.5, 0.6) is 0 Å². The molecule has 33 heavy (non-hydrogen) atoms. The highest BCUT2D eigenvalue weighted by Crippen LogP contribution is 2.28. The quantitative estimate of drug-likeness (QED) is 0.495. The summed E-state index contributed by atoms with van der Waals surface area (Å²) in [6.07, 6.45) is 1.59. The number of hydrogen-bond donors (Lipinski definition) is 1. The van der Waals surface area contributed by atoms with Gasteiger partial charge < -0.3 is 14.5 Å². The average Bonchev–Trinajstić information content (AvgIpc) is 3.41. The standard InChI is InChI=1S/C25H30N2O5S/c1-4-31-25(28)24-17(2)23(18(3)26-24)16-27(15-21-10-7-13-32-21)33(29,30)22-12-11-19-8-5-6-9-20(19)14-22/h5-6,8-9,11-12,14,21,26H,4,7,10,13,15-16H2,1-3H3. The van der Waals surface area contributed by atoms with Crippen LogP contribution in [-0.2, 0) is 26.0 Å². The Morgan fingerprint density at radius 1 is 1.18 bits per heavy atom. The number of fused-ring (bicyclic) bond motifs is 1. The van der Waals surface area contributed by atoms with E-state index in [1.165, 1.54) is 4.31 Å². The molecule has 0 saturated carbocycles. The molecule has 0 bridgehead atoms. The predicted molar refractivity (Wildman–Crippen MR) is 127 cm³/mol. The molecule has 0 aliphatic carbocycles. The monoisotopic (exact) mass is 470 g/mol. The van der Waals surface area contributed by atoms with Crippen LogP contribution in [0.25, 0.3) is 10.8 Å². The second-order valence-corrected chi connectivity index (χ2v) is 10.3. The summed E-state index contributed by atoms with van der Waals surface area (Å²) >= 11 is 0. The zero-order valence-electron chi connectivity index (χ0n) is 19.3. The van der Waals surface area contributed by atoms with E-state index in [9.17, 15) is 13.2 Å². The van der Waals surface area contributed by atoms with E-state index in [1.54, 1.807) is 19.1 Å². The molecule has 8 heteroatoms. The minimum absolute atomic E-state index is 0.141. The summed E-state index contributed by atoms with van der Waals surface area (Å²) in [5.74, 6) is -0.438. The van der Waals surface area contributed by atoms with Crippen LogP contribution in [0, 0.1) is 13.8 Å². The number of benzene rings is 2. The van der Waals surface area contributed by atoms with Crippen molar-refractivity contribution >= 4 is 26.8 Å². The topological polar surface area (TPSA) is 88.7 Å². The summed E-state index contributed by atoms with van der Waals surface area (Å²) in [5.41, 5.74) is 2.60. The van der Waals surface area contributed by atoms with Crippen LogP contribution in [-0.4, -0.2) is 49.5 Å². The van der Waals surface area contributed by atoms with Gasteiger partial charge in [-0.25, -0.2) is 13.2 Å². The van der Waals surface area contributed by atoms with Crippen molar-refractivity contribution < 1.29 is 22.7 Å². The minimum atomic E-state index is -3.81. The van der Waals surface area contributed by atoms with Gasteiger partial charge >= 0.3 is 5.97 Å². The van der Waals surface area contributed by atoms with Gasteiger partial charge in [0.15, 0.2) is 0 Å². The zero-order chi connectivity index (χ0) is 23.6. The lowest BCUT2D eigenvalue weighted by Gasteiger charge is -2.25. The van der Waals surface area contributed by atoms with Crippen molar-refractivity contribution in [2.75, 3.05) is 19.8 Å². The highest BCUT2D eigenvalue weighted by atomic mass is 32.2. The number of H-pyrrole nitrogens is 1. The van der Waals surface area contributed by atoms with Crippen LogP contribution in [0.4, 0.5) is 0 Å². The number of esters is 1. The molecule has 2 heterocycles. The molecule has 1 fully saturated rings. The number of aromatic amines is 1. The second kappa shape index (κ2) is 9.67. The molecule has 1 unspecified atom stereocenters. The van der Waals surface area contributed by atoms with Gasteiger partial charge in [-0.05, 0) is 67.6 Å². The van der Waals surface area contributed by atoms with Gasteiger partial charge in [-0.2, -0.15) is 4.31 Å². The molecule has 7 nitrogen and oxygen atoms in total. The molecule has 4 rings (SSSR count).